The van der Waals surface area contributed by atoms with Crippen molar-refractivity contribution in [2.45, 2.75) is 27.2 Å². The molecule has 0 aromatic carbocycles. The van der Waals surface area contributed by atoms with E-state index in [0.29, 0.717) is 5.13 Å². The number of aryl methyl sites for hydroxylation is 2. The van der Waals surface area contributed by atoms with Crippen molar-refractivity contribution in [2.75, 3.05) is 5.32 Å². The highest BCUT2D eigenvalue weighted by Crippen LogP contribution is 2.24. The fraction of sp³-hybridized carbons (Fsp3) is 0.333. The molecule has 0 aliphatic heterocycles. The van der Waals surface area contributed by atoms with E-state index < -0.39 is 0 Å². The van der Waals surface area contributed by atoms with Gasteiger partial charge >= 0.3 is 0 Å². The van der Waals surface area contributed by atoms with Crippen LogP contribution in [0, 0.1) is 13.8 Å². The molecule has 5 heteroatoms. The van der Waals surface area contributed by atoms with Crippen molar-refractivity contribution < 1.29 is 4.79 Å². The van der Waals surface area contributed by atoms with E-state index in [2.05, 4.69) is 17.2 Å². The molecule has 90 valence electrons. The number of nitrogens with zero attached hydrogens (tertiary/aromatic N) is 1. The van der Waals surface area contributed by atoms with E-state index in [1.807, 2.05) is 24.6 Å². The van der Waals surface area contributed by atoms with Crippen molar-refractivity contribution in [1.29, 1.82) is 0 Å². The topological polar surface area (TPSA) is 42.0 Å². The predicted octanol–water partition coefficient (Wildman–Crippen LogP) is 3.64. The summed E-state index contributed by atoms with van der Waals surface area (Å²) in [6.45, 7) is 6.03. The number of aromatic nitrogens is 1. The van der Waals surface area contributed by atoms with Crippen LogP contribution in [-0.4, -0.2) is 10.9 Å². The molecule has 1 N–H and O–H groups in total. The maximum atomic E-state index is 12.1. The standard InChI is InChI=1S/C12H14N2OS2/c1-4-9-8(3)16-6-10(9)11(15)14-12-13-7(2)5-17-12/h5-6H,4H2,1-3H3,(H,13,14,15). The van der Waals surface area contributed by atoms with Gasteiger partial charge in [0.25, 0.3) is 5.91 Å². The summed E-state index contributed by atoms with van der Waals surface area (Å²) in [5, 5.41) is 7.35. The first-order chi connectivity index (χ1) is 8.11. The molecule has 0 aliphatic carbocycles. The number of rotatable bonds is 3. The van der Waals surface area contributed by atoms with Crippen LogP contribution in [-0.2, 0) is 6.42 Å². The molecular formula is C12H14N2OS2. The van der Waals surface area contributed by atoms with E-state index >= 15 is 0 Å². The summed E-state index contributed by atoms with van der Waals surface area (Å²) < 4.78 is 0. The third-order valence-corrected chi connectivity index (χ3v) is 4.37. The smallest absolute Gasteiger partial charge is 0.258 e. The van der Waals surface area contributed by atoms with Gasteiger partial charge in [-0.15, -0.1) is 22.7 Å². The number of thiazole rings is 1. The van der Waals surface area contributed by atoms with Gasteiger partial charge in [0.2, 0.25) is 0 Å². The number of nitrogens with one attached hydrogen (secondary N) is 1. The van der Waals surface area contributed by atoms with Gasteiger partial charge < -0.3 is 0 Å². The Balaban J connectivity index is 2.20. The molecule has 3 nitrogen and oxygen atoms in total. The van der Waals surface area contributed by atoms with Crippen LogP contribution < -0.4 is 5.32 Å². The zero-order chi connectivity index (χ0) is 12.4. The molecule has 0 atom stereocenters. The molecule has 0 spiro atoms. The predicted molar refractivity (Wildman–Crippen MR) is 73.2 cm³/mol. The summed E-state index contributed by atoms with van der Waals surface area (Å²) in [6.07, 6.45) is 0.884. The lowest BCUT2D eigenvalue weighted by Crippen LogP contribution is -2.12. The Morgan fingerprint density at radius 2 is 2.12 bits per heavy atom. The third kappa shape index (κ3) is 2.56. The fourth-order valence-electron chi connectivity index (χ4n) is 1.69. The molecular weight excluding hydrogens is 252 g/mol. The number of amides is 1. The van der Waals surface area contributed by atoms with Crippen molar-refractivity contribution in [3.8, 4) is 0 Å². The molecule has 0 unspecified atom stereocenters. The van der Waals surface area contributed by atoms with Gasteiger partial charge in [-0.2, -0.15) is 0 Å². The quantitative estimate of drug-likeness (QED) is 0.921. The van der Waals surface area contributed by atoms with Gasteiger partial charge in [-0.3, -0.25) is 10.1 Å². The number of hydrogen-bond acceptors (Lipinski definition) is 4. The zero-order valence-electron chi connectivity index (χ0n) is 10.0. The second-order valence-electron chi connectivity index (χ2n) is 3.79. The first kappa shape index (κ1) is 12.3. The lowest BCUT2D eigenvalue weighted by atomic mass is 10.1. The number of thiophene rings is 1. The van der Waals surface area contributed by atoms with Crippen molar-refractivity contribution in [3.63, 3.8) is 0 Å². The van der Waals surface area contributed by atoms with Gasteiger partial charge in [-0.25, -0.2) is 4.98 Å². The van der Waals surface area contributed by atoms with Crippen LogP contribution in [0.25, 0.3) is 0 Å². The molecule has 0 saturated carbocycles. The summed E-state index contributed by atoms with van der Waals surface area (Å²) in [5.41, 5.74) is 2.85. The molecule has 2 aromatic heterocycles. The average Bonchev–Trinajstić information content (AvgIpc) is 2.84. The molecule has 2 rings (SSSR count). The molecule has 0 radical (unpaired) electrons. The lowest BCUT2D eigenvalue weighted by Gasteiger charge is -2.02. The van der Waals surface area contributed by atoms with E-state index in [-0.39, 0.29) is 5.91 Å². The molecule has 0 fully saturated rings. The summed E-state index contributed by atoms with van der Waals surface area (Å²) in [4.78, 5) is 17.5. The molecule has 2 aromatic rings. The molecule has 17 heavy (non-hydrogen) atoms. The number of carbonyl (C=O) groups is 1. The van der Waals surface area contributed by atoms with E-state index in [9.17, 15) is 4.79 Å². The van der Waals surface area contributed by atoms with Crippen LogP contribution in [0.3, 0.4) is 0 Å². The Hall–Kier alpha value is -1.20. The van der Waals surface area contributed by atoms with Gasteiger partial charge in [-0.1, -0.05) is 6.92 Å². The highest BCUT2D eigenvalue weighted by atomic mass is 32.1. The maximum absolute atomic E-state index is 12.1. The van der Waals surface area contributed by atoms with Crippen LogP contribution in [0.2, 0.25) is 0 Å². The zero-order valence-corrected chi connectivity index (χ0v) is 11.7. The van der Waals surface area contributed by atoms with Crippen molar-refractivity contribution >= 4 is 33.7 Å². The van der Waals surface area contributed by atoms with Gasteiger partial charge in [0.15, 0.2) is 5.13 Å². The van der Waals surface area contributed by atoms with E-state index in [0.717, 1.165) is 23.2 Å². The van der Waals surface area contributed by atoms with Crippen LogP contribution in [0.15, 0.2) is 10.8 Å². The molecule has 0 bridgehead atoms. The molecule has 2 heterocycles. The summed E-state index contributed by atoms with van der Waals surface area (Å²) >= 11 is 3.08. The Bertz CT molecular complexity index is 542. The summed E-state index contributed by atoms with van der Waals surface area (Å²) in [6, 6.07) is 0. The normalized spacial score (nSPS) is 10.5. The Labute approximate surface area is 109 Å². The van der Waals surface area contributed by atoms with Gasteiger partial charge in [0.05, 0.1) is 11.3 Å². The van der Waals surface area contributed by atoms with Crippen LogP contribution in [0.1, 0.15) is 33.4 Å². The molecule has 0 aliphatic rings. The largest absolute Gasteiger partial charge is 0.298 e. The van der Waals surface area contributed by atoms with Gasteiger partial charge in [0.1, 0.15) is 0 Å². The molecule has 1 amide bonds. The van der Waals surface area contributed by atoms with Crippen molar-refractivity contribution in [1.82, 2.24) is 4.98 Å². The highest BCUT2D eigenvalue weighted by molar-refractivity contribution is 7.14. The monoisotopic (exact) mass is 266 g/mol. The lowest BCUT2D eigenvalue weighted by molar-refractivity contribution is 0.102. The van der Waals surface area contributed by atoms with E-state index in [4.69, 9.17) is 0 Å². The van der Waals surface area contributed by atoms with Gasteiger partial charge in [-0.05, 0) is 25.8 Å². The minimum Gasteiger partial charge on any atom is -0.298 e. The Morgan fingerprint density at radius 1 is 1.35 bits per heavy atom. The first-order valence-corrected chi connectivity index (χ1v) is 7.18. The van der Waals surface area contributed by atoms with Crippen LogP contribution >= 0.6 is 22.7 Å². The van der Waals surface area contributed by atoms with Gasteiger partial charge in [0, 0.05) is 15.6 Å². The van der Waals surface area contributed by atoms with E-state index in [1.54, 1.807) is 11.3 Å². The first-order valence-electron chi connectivity index (χ1n) is 5.42. The maximum Gasteiger partial charge on any atom is 0.258 e. The second-order valence-corrected chi connectivity index (χ2v) is 5.73. The number of carbonyl (C=O) groups excluding carboxylic acids is 1. The average molecular weight is 266 g/mol. The molecule has 0 saturated heterocycles. The second kappa shape index (κ2) is 4.98. The SMILES string of the molecule is CCc1c(C(=O)Nc2nc(C)cs2)csc1C. The Kier molecular flexibility index (Phi) is 3.59. The highest BCUT2D eigenvalue weighted by Gasteiger charge is 2.15. The van der Waals surface area contributed by atoms with E-state index in [1.165, 1.54) is 16.2 Å². The Morgan fingerprint density at radius 3 is 2.71 bits per heavy atom. The van der Waals surface area contributed by atoms with Crippen LogP contribution in [0.4, 0.5) is 5.13 Å². The fourth-order valence-corrected chi connectivity index (χ4v) is 3.31. The number of hydrogen-bond donors (Lipinski definition) is 1. The number of anilines is 1. The van der Waals surface area contributed by atoms with Crippen molar-refractivity contribution in [3.05, 3.63) is 32.5 Å². The minimum atomic E-state index is -0.0550. The third-order valence-electron chi connectivity index (χ3n) is 2.54. The summed E-state index contributed by atoms with van der Waals surface area (Å²) in [7, 11) is 0. The minimum absolute atomic E-state index is 0.0550. The van der Waals surface area contributed by atoms with Crippen LogP contribution in [0.5, 0.6) is 0 Å². The summed E-state index contributed by atoms with van der Waals surface area (Å²) in [5.74, 6) is -0.0550. The van der Waals surface area contributed by atoms with Crippen molar-refractivity contribution in [2.24, 2.45) is 0 Å².